The third-order valence-corrected chi connectivity index (χ3v) is 2.38. The van der Waals surface area contributed by atoms with Crippen LogP contribution in [-0.2, 0) is 4.74 Å². The van der Waals surface area contributed by atoms with Gasteiger partial charge in [0.1, 0.15) is 0 Å². The smallest absolute Gasteiger partial charge is 0.340 e. The number of methoxy groups -OCH3 is 1. The van der Waals surface area contributed by atoms with E-state index in [0.29, 0.717) is 16.9 Å². The fourth-order valence-electron chi connectivity index (χ4n) is 1.57. The number of nitrogens with two attached hydrogens (primary N) is 1. The van der Waals surface area contributed by atoms with Crippen molar-refractivity contribution >= 4 is 11.7 Å². The summed E-state index contributed by atoms with van der Waals surface area (Å²) in [4.78, 5) is 11.6. The van der Waals surface area contributed by atoms with Gasteiger partial charge >= 0.3 is 5.97 Å². The number of hydrogen-bond acceptors (Lipinski definition) is 4. The van der Waals surface area contributed by atoms with Crippen molar-refractivity contribution in [3.05, 3.63) is 41.7 Å². The van der Waals surface area contributed by atoms with Gasteiger partial charge in [-0.1, -0.05) is 0 Å². The minimum atomic E-state index is -0.430. The number of carbonyl (C=O) groups excluding carboxylic acids is 1. The molecule has 5 nitrogen and oxygen atoms in total. The molecule has 2 rings (SSSR count). The number of anilines is 1. The summed E-state index contributed by atoms with van der Waals surface area (Å²) < 4.78 is 6.35. The van der Waals surface area contributed by atoms with Gasteiger partial charge in [-0.3, -0.25) is 0 Å². The van der Waals surface area contributed by atoms with Crippen molar-refractivity contribution in [1.29, 1.82) is 0 Å². The average molecular weight is 231 g/mol. The number of ether oxygens (including phenoxy) is 1. The Hall–Kier alpha value is -2.30. The highest BCUT2D eigenvalue weighted by Gasteiger charge is 2.14. The fourth-order valence-corrected chi connectivity index (χ4v) is 1.57. The Balaban J connectivity index is 2.57. The molecule has 0 radical (unpaired) electrons. The van der Waals surface area contributed by atoms with Crippen molar-refractivity contribution in [1.82, 2.24) is 9.78 Å². The van der Waals surface area contributed by atoms with Gasteiger partial charge in [-0.05, 0) is 30.7 Å². The average Bonchev–Trinajstić information content (AvgIpc) is 2.74. The summed E-state index contributed by atoms with van der Waals surface area (Å²) in [5.74, 6) is -0.430. The Morgan fingerprint density at radius 1 is 1.47 bits per heavy atom. The summed E-state index contributed by atoms with van der Waals surface area (Å²) in [6.07, 6.45) is 3.55. The van der Waals surface area contributed by atoms with Gasteiger partial charge in [-0.2, -0.15) is 5.10 Å². The molecule has 0 aliphatic rings. The van der Waals surface area contributed by atoms with E-state index in [1.54, 1.807) is 29.1 Å². The maximum atomic E-state index is 11.6. The normalized spacial score (nSPS) is 10.2. The Morgan fingerprint density at radius 3 is 2.82 bits per heavy atom. The lowest BCUT2D eigenvalue weighted by Gasteiger charge is -2.08. The van der Waals surface area contributed by atoms with Gasteiger partial charge in [0.25, 0.3) is 0 Å². The molecule has 0 fully saturated rings. The van der Waals surface area contributed by atoms with Crippen molar-refractivity contribution in [2.24, 2.45) is 0 Å². The van der Waals surface area contributed by atoms with E-state index in [1.807, 2.05) is 13.1 Å². The van der Waals surface area contributed by atoms with Crippen molar-refractivity contribution in [3.8, 4) is 5.69 Å². The molecule has 0 aliphatic heterocycles. The van der Waals surface area contributed by atoms with E-state index in [9.17, 15) is 4.79 Å². The van der Waals surface area contributed by atoms with E-state index in [-0.39, 0.29) is 0 Å². The predicted octanol–water partition coefficient (Wildman–Crippen LogP) is 1.55. The van der Waals surface area contributed by atoms with Gasteiger partial charge < -0.3 is 10.5 Å². The van der Waals surface area contributed by atoms with Crippen LogP contribution in [-0.4, -0.2) is 22.9 Å². The van der Waals surface area contributed by atoms with Crippen LogP contribution < -0.4 is 5.73 Å². The van der Waals surface area contributed by atoms with E-state index in [4.69, 9.17) is 10.5 Å². The zero-order valence-corrected chi connectivity index (χ0v) is 9.68. The first kappa shape index (κ1) is 11.2. The molecule has 88 valence electrons. The van der Waals surface area contributed by atoms with Crippen molar-refractivity contribution in [2.45, 2.75) is 6.92 Å². The molecule has 5 heteroatoms. The Morgan fingerprint density at radius 2 is 2.24 bits per heavy atom. The molecule has 0 saturated carbocycles. The van der Waals surface area contributed by atoms with Crippen LogP contribution in [0.4, 0.5) is 5.69 Å². The number of carbonyl (C=O) groups is 1. The first-order valence-corrected chi connectivity index (χ1v) is 5.11. The highest BCUT2D eigenvalue weighted by Crippen LogP contribution is 2.18. The van der Waals surface area contributed by atoms with E-state index in [2.05, 4.69) is 5.10 Å². The molecule has 17 heavy (non-hydrogen) atoms. The van der Waals surface area contributed by atoms with Crippen LogP contribution >= 0.6 is 0 Å². The van der Waals surface area contributed by atoms with E-state index >= 15 is 0 Å². The van der Waals surface area contributed by atoms with Crippen molar-refractivity contribution in [2.75, 3.05) is 12.8 Å². The molecule has 0 atom stereocenters. The molecule has 0 spiro atoms. The number of nitrogen functional groups attached to an aromatic ring is 1. The van der Waals surface area contributed by atoms with Crippen LogP contribution in [0.5, 0.6) is 0 Å². The second-order valence-electron chi connectivity index (χ2n) is 3.73. The van der Waals surface area contributed by atoms with Gasteiger partial charge in [-0.15, -0.1) is 0 Å². The van der Waals surface area contributed by atoms with E-state index in [1.165, 1.54) is 7.11 Å². The molecule has 1 aromatic heterocycles. The van der Waals surface area contributed by atoms with Crippen LogP contribution in [0.2, 0.25) is 0 Å². The minimum Gasteiger partial charge on any atom is -0.465 e. The largest absolute Gasteiger partial charge is 0.465 e. The lowest BCUT2D eigenvalue weighted by Crippen LogP contribution is -2.09. The summed E-state index contributed by atoms with van der Waals surface area (Å²) in [5, 5.41) is 4.16. The number of benzene rings is 1. The highest BCUT2D eigenvalue weighted by molar-refractivity contribution is 5.94. The Kier molecular flexibility index (Phi) is 2.82. The predicted molar refractivity (Wildman–Crippen MR) is 64.1 cm³/mol. The van der Waals surface area contributed by atoms with Crippen LogP contribution in [0.15, 0.2) is 30.6 Å². The topological polar surface area (TPSA) is 70.1 Å². The van der Waals surface area contributed by atoms with Crippen LogP contribution in [0.25, 0.3) is 5.69 Å². The quantitative estimate of drug-likeness (QED) is 0.628. The second-order valence-corrected chi connectivity index (χ2v) is 3.73. The zero-order chi connectivity index (χ0) is 12.4. The standard InChI is InChI=1S/C12H13N3O2/c1-8-6-14-15(7-8)11-4-3-9(13)5-10(11)12(16)17-2/h3-7H,13H2,1-2H3. The molecule has 0 saturated heterocycles. The number of aromatic nitrogens is 2. The van der Waals surface area contributed by atoms with Crippen molar-refractivity contribution < 1.29 is 9.53 Å². The molecule has 0 amide bonds. The van der Waals surface area contributed by atoms with Crippen LogP contribution in [0.1, 0.15) is 15.9 Å². The Bertz CT molecular complexity index is 561. The number of rotatable bonds is 2. The maximum Gasteiger partial charge on any atom is 0.340 e. The molecule has 0 unspecified atom stereocenters. The fraction of sp³-hybridized carbons (Fsp3) is 0.167. The monoisotopic (exact) mass is 231 g/mol. The van der Waals surface area contributed by atoms with E-state index < -0.39 is 5.97 Å². The second kappa shape index (κ2) is 4.29. The van der Waals surface area contributed by atoms with Gasteiger partial charge in [0.2, 0.25) is 0 Å². The Labute approximate surface area is 98.8 Å². The molecular formula is C12H13N3O2. The first-order chi connectivity index (χ1) is 8.11. The third-order valence-electron chi connectivity index (χ3n) is 2.38. The lowest BCUT2D eigenvalue weighted by atomic mass is 10.1. The molecule has 1 aromatic carbocycles. The van der Waals surface area contributed by atoms with Gasteiger partial charge in [0.15, 0.2) is 0 Å². The SMILES string of the molecule is COC(=O)c1cc(N)ccc1-n1cc(C)cn1. The molecule has 2 aromatic rings. The summed E-state index contributed by atoms with van der Waals surface area (Å²) in [5.41, 5.74) is 8.24. The van der Waals surface area contributed by atoms with Gasteiger partial charge in [0.05, 0.1) is 24.6 Å². The summed E-state index contributed by atoms with van der Waals surface area (Å²) in [7, 11) is 1.34. The number of aryl methyl sites for hydroxylation is 1. The highest BCUT2D eigenvalue weighted by atomic mass is 16.5. The van der Waals surface area contributed by atoms with E-state index in [0.717, 1.165) is 5.56 Å². The number of nitrogens with zero attached hydrogens (tertiary/aromatic N) is 2. The lowest BCUT2D eigenvalue weighted by molar-refractivity contribution is 0.0600. The third kappa shape index (κ3) is 2.13. The van der Waals surface area contributed by atoms with Crippen LogP contribution in [0.3, 0.4) is 0 Å². The molecule has 0 bridgehead atoms. The molecule has 2 N–H and O–H groups in total. The number of hydrogen-bond donors (Lipinski definition) is 1. The van der Waals surface area contributed by atoms with Gasteiger partial charge in [-0.25, -0.2) is 9.48 Å². The molecule has 0 aliphatic carbocycles. The maximum absolute atomic E-state index is 11.6. The minimum absolute atomic E-state index is 0.399. The van der Waals surface area contributed by atoms with Gasteiger partial charge in [0, 0.05) is 11.9 Å². The van der Waals surface area contributed by atoms with Crippen molar-refractivity contribution in [3.63, 3.8) is 0 Å². The number of esters is 1. The molecular weight excluding hydrogens is 218 g/mol. The summed E-state index contributed by atoms with van der Waals surface area (Å²) in [6, 6.07) is 5.05. The zero-order valence-electron chi connectivity index (χ0n) is 9.68. The first-order valence-electron chi connectivity index (χ1n) is 5.11. The summed E-state index contributed by atoms with van der Waals surface area (Å²) in [6.45, 7) is 1.93. The summed E-state index contributed by atoms with van der Waals surface area (Å²) >= 11 is 0. The van der Waals surface area contributed by atoms with Crippen LogP contribution in [0, 0.1) is 6.92 Å². The molecule has 1 heterocycles.